The van der Waals surface area contributed by atoms with Crippen LogP contribution in [0.1, 0.15) is 16.3 Å². The molecule has 0 saturated heterocycles. The zero-order chi connectivity index (χ0) is 22.2. The molecule has 1 atom stereocenters. The average molecular weight is 478 g/mol. The summed E-state index contributed by atoms with van der Waals surface area (Å²) in [5.74, 6) is 0.735. The summed E-state index contributed by atoms with van der Waals surface area (Å²) in [5.41, 5.74) is 0.223. The molecule has 31 heavy (non-hydrogen) atoms. The van der Waals surface area contributed by atoms with E-state index in [9.17, 15) is 8.78 Å². The number of aromatic nitrogens is 6. The molecular weight excluding hydrogens is 461 g/mol. The van der Waals surface area contributed by atoms with E-state index in [0.717, 1.165) is 38.4 Å². The number of aromatic amines is 1. The van der Waals surface area contributed by atoms with Crippen molar-refractivity contribution < 1.29 is 8.78 Å². The number of anilines is 4. The largest absolute Gasteiger partial charge is 0.339 e. The third-order valence-corrected chi connectivity index (χ3v) is 6.47. The first-order chi connectivity index (χ1) is 14.8. The highest BCUT2D eigenvalue weighted by atomic mass is 32.2. The molecule has 160 valence electrons. The number of halogens is 2. The minimum atomic E-state index is -3.15. The molecule has 0 fully saturated rings. The standard InChI is InChI=1S/C18H17F2N8PS2/c1-4-10-13(30-3)14(22-11-6-9-7-21-26-12(9)5-8(11)2)24-16(23-10)25-17-28-27-15(31-17)18(19,20)29/h4-7H,1,29H2,2-3H3,(H,21,26)(H2,22,23,24,25,28). The van der Waals surface area contributed by atoms with E-state index >= 15 is 0 Å². The zero-order valence-electron chi connectivity index (χ0n) is 16.4. The van der Waals surface area contributed by atoms with Crippen LogP contribution in [-0.4, -0.2) is 36.6 Å². The molecule has 4 aromatic rings. The lowest BCUT2D eigenvalue weighted by atomic mass is 10.1. The van der Waals surface area contributed by atoms with Gasteiger partial charge in [0.05, 0.1) is 22.3 Å². The fourth-order valence-electron chi connectivity index (χ4n) is 2.81. The molecule has 3 N–H and O–H groups in total. The van der Waals surface area contributed by atoms with E-state index in [2.05, 4.69) is 47.6 Å². The predicted molar refractivity (Wildman–Crippen MR) is 125 cm³/mol. The molecule has 13 heteroatoms. The number of alkyl halides is 2. The molecule has 0 aliphatic carbocycles. The second-order valence-corrected chi connectivity index (χ2v) is 8.95. The summed E-state index contributed by atoms with van der Waals surface area (Å²) in [6.45, 7) is 5.80. The van der Waals surface area contributed by atoms with E-state index in [0.29, 0.717) is 11.5 Å². The summed E-state index contributed by atoms with van der Waals surface area (Å²) in [7, 11) is 1.44. The van der Waals surface area contributed by atoms with Crippen molar-refractivity contribution in [3.8, 4) is 0 Å². The van der Waals surface area contributed by atoms with Crippen molar-refractivity contribution in [3.63, 3.8) is 0 Å². The Morgan fingerprint density at radius 1 is 1.26 bits per heavy atom. The van der Waals surface area contributed by atoms with Gasteiger partial charge in [0.1, 0.15) is 5.82 Å². The molecule has 0 aliphatic heterocycles. The maximum absolute atomic E-state index is 13.4. The smallest absolute Gasteiger partial charge is 0.311 e. The van der Waals surface area contributed by atoms with Crippen LogP contribution in [0.2, 0.25) is 0 Å². The highest BCUT2D eigenvalue weighted by molar-refractivity contribution is 7.98. The number of hydrogen-bond acceptors (Lipinski definition) is 9. The van der Waals surface area contributed by atoms with Gasteiger partial charge in [-0.25, -0.2) is 4.98 Å². The van der Waals surface area contributed by atoms with Crippen LogP contribution < -0.4 is 10.6 Å². The van der Waals surface area contributed by atoms with Gasteiger partial charge < -0.3 is 5.32 Å². The Bertz CT molecular complexity index is 1270. The van der Waals surface area contributed by atoms with E-state index in [-0.39, 0.29) is 11.1 Å². The lowest BCUT2D eigenvalue weighted by Gasteiger charge is -2.15. The Morgan fingerprint density at radius 3 is 2.74 bits per heavy atom. The van der Waals surface area contributed by atoms with E-state index < -0.39 is 10.7 Å². The summed E-state index contributed by atoms with van der Waals surface area (Å²) in [4.78, 5) is 9.76. The monoisotopic (exact) mass is 478 g/mol. The topological polar surface area (TPSA) is 104 Å². The number of hydrogen-bond donors (Lipinski definition) is 3. The Morgan fingerprint density at radius 2 is 2.06 bits per heavy atom. The molecular formula is C18H17F2N8PS2. The highest BCUT2D eigenvalue weighted by Crippen LogP contribution is 2.38. The van der Waals surface area contributed by atoms with Gasteiger partial charge in [0.15, 0.2) is 5.01 Å². The number of H-pyrrole nitrogens is 1. The molecule has 4 rings (SSSR count). The summed E-state index contributed by atoms with van der Waals surface area (Å²) >= 11 is 2.19. The minimum absolute atomic E-state index is 0.158. The first-order valence-corrected chi connectivity index (χ1v) is 11.5. The van der Waals surface area contributed by atoms with E-state index in [1.165, 1.54) is 21.0 Å². The molecule has 3 heterocycles. The molecule has 0 amide bonds. The van der Waals surface area contributed by atoms with Gasteiger partial charge in [-0.15, -0.1) is 22.0 Å². The van der Waals surface area contributed by atoms with Gasteiger partial charge in [-0.2, -0.15) is 18.9 Å². The van der Waals surface area contributed by atoms with E-state index in [4.69, 9.17) is 0 Å². The van der Waals surface area contributed by atoms with Crippen LogP contribution in [-0.2, 0) is 5.66 Å². The summed E-state index contributed by atoms with van der Waals surface area (Å²) in [5, 5.41) is 21.2. The third kappa shape index (κ3) is 4.51. The van der Waals surface area contributed by atoms with E-state index in [1.807, 2.05) is 25.3 Å². The van der Waals surface area contributed by atoms with Gasteiger partial charge >= 0.3 is 5.66 Å². The van der Waals surface area contributed by atoms with Gasteiger partial charge in [0.2, 0.25) is 11.1 Å². The van der Waals surface area contributed by atoms with Crippen molar-refractivity contribution in [1.29, 1.82) is 0 Å². The number of thioether (sulfide) groups is 1. The van der Waals surface area contributed by atoms with Crippen LogP contribution in [0.25, 0.3) is 17.0 Å². The van der Waals surface area contributed by atoms with Crippen molar-refractivity contribution >= 4 is 71.9 Å². The van der Waals surface area contributed by atoms with Crippen molar-refractivity contribution in [3.05, 3.63) is 41.2 Å². The van der Waals surface area contributed by atoms with Crippen LogP contribution in [0, 0.1) is 6.92 Å². The van der Waals surface area contributed by atoms with Gasteiger partial charge in [-0.05, 0) is 37.0 Å². The number of nitrogens with one attached hydrogen (secondary N) is 3. The predicted octanol–water partition coefficient (Wildman–Crippen LogP) is 5.29. The number of aryl methyl sites for hydroxylation is 1. The summed E-state index contributed by atoms with van der Waals surface area (Å²) in [6.07, 6.45) is 5.26. The van der Waals surface area contributed by atoms with Crippen molar-refractivity contribution in [2.45, 2.75) is 17.5 Å². The molecule has 8 nitrogen and oxygen atoms in total. The Balaban J connectivity index is 1.71. The minimum Gasteiger partial charge on any atom is -0.339 e. The first-order valence-electron chi connectivity index (χ1n) is 8.85. The van der Waals surface area contributed by atoms with Crippen LogP contribution in [0.15, 0.2) is 29.8 Å². The number of benzene rings is 1. The Labute approximate surface area is 186 Å². The van der Waals surface area contributed by atoms with Crippen LogP contribution in [0.3, 0.4) is 0 Å². The number of fused-ring (bicyclic) bond motifs is 1. The maximum atomic E-state index is 13.4. The Kier molecular flexibility index (Phi) is 5.87. The van der Waals surface area contributed by atoms with E-state index in [1.54, 1.807) is 12.3 Å². The van der Waals surface area contributed by atoms with Gasteiger partial charge in [-0.1, -0.05) is 27.2 Å². The molecule has 0 bridgehead atoms. The average Bonchev–Trinajstić information content (AvgIpc) is 3.37. The molecule has 0 radical (unpaired) electrons. The lowest BCUT2D eigenvalue weighted by molar-refractivity contribution is 0.103. The fourth-order valence-corrected chi connectivity index (χ4v) is 4.30. The molecule has 1 unspecified atom stereocenters. The van der Waals surface area contributed by atoms with Gasteiger partial charge in [-0.3, -0.25) is 10.4 Å². The second-order valence-electron chi connectivity index (χ2n) is 6.43. The molecule has 1 aromatic carbocycles. The normalized spacial score (nSPS) is 11.6. The summed E-state index contributed by atoms with van der Waals surface area (Å²) < 4.78 is 26.9. The van der Waals surface area contributed by atoms with Gasteiger partial charge in [0, 0.05) is 11.1 Å². The zero-order valence-corrected chi connectivity index (χ0v) is 19.2. The van der Waals surface area contributed by atoms with Crippen LogP contribution in [0.4, 0.5) is 31.4 Å². The molecule has 3 aromatic heterocycles. The first kappa shape index (κ1) is 21.5. The summed E-state index contributed by atoms with van der Waals surface area (Å²) in [6, 6.07) is 3.96. The van der Waals surface area contributed by atoms with Crippen molar-refractivity contribution in [2.75, 3.05) is 16.9 Å². The van der Waals surface area contributed by atoms with Crippen molar-refractivity contribution in [2.24, 2.45) is 0 Å². The van der Waals surface area contributed by atoms with Crippen LogP contribution in [0.5, 0.6) is 0 Å². The van der Waals surface area contributed by atoms with Gasteiger partial charge in [0.25, 0.3) is 0 Å². The lowest BCUT2D eigenvalue weighted by Crippen LogP contribution is -2.05. The highest BCUT2D eigenvalue weighted by Gasteiger charge is 2.30. The quantitative estimate of drug-likeness (QED) is 0.243. The third-order valence-electron chi connectivity index (χ3n) is 4.26. The molecule has 0 saturated carbocycles. The SMILES string of the molecule is C=Cc1nc(Nc2nnc(C(F)(F)P)s2)nc(Nc2cc3cn[nH]c3cc2C)c1SC. The maximum Gasteiger partial charge on any atom is 0.311 e. The molecule has 0 spiro atoms. The second kappa shape index (κ2) is 8.45. The fraction of sp³-hybridized carbons (Fsp3) is 0.167. The number of nitrogens with zero attached hydrogens (tertiary/aromatic N) is 5. The number of rotatable bonds is 7. The molecule has 0 aliphatic rings. The van der Waals surface area contributed by atoms with Crippen LogP contribution >= 0.6 is 32.3 Å². The Hall–Kier alpha value is -2.69. The van der Waals surface area contributed by atoms with Crippen molar-refractivity contribution in [1.82, 2.24) is 30.4 Å².